The Morgan fingerprint density at radius 1 is 0.914 bits per heavy atom. The van der Waals surface area contributed by atoms with Crippen molar-refractivity contribution in [2.45, 2.75) is 70.0 Å². The molecule has 0 aromatic heterocycles. The van der Waals surface area contributed by atoms with Crippen LogP contribution in [0, 0.1) is 5.92 Å². The van der Waals surface area contributed by atoms with E-state index in [0.29, 0.717) is 25.9 Å². The predicted octanol–water partition coefficient (Wildman–Crippen LogP) is 4.01. The van der Waals surface area contributed by atoms with Crippen molar-refractivity contribution in [3.63, 3.8) is 0 Å². The maximum atomic E-state index is 13.2. The van der Waals surface area contributed by atoms with Crippen molar-refractivity contribution in [1.29, 1.82) is 0 Å². The van der Waals surface area contributed by atoms with Crippen molar-refractivity contribution in [2.75, 3.05) is 12.8 Å². The molecule has 192 valence electrons. The van der Waals surface area contributed by atoms with E-state index in [1.54, 1.807) is 8.61 Å². The van der Waals surface area contributed by atoms with Crippen LogP contribution in [0.4, 0.5) is 0 Å². The Hall–Kier alpha value is -1.94. The zero-order valence-electron chi connectivity index (χ0n) is 20.7. The van der Waals surface area contributed by atoms with Crippen molar-refractivity contribution < 1.29 is 21.6 Å². The third-order valence-corrected chi connectivity index (χ3v) is 9.87. The average Bonchev–Trinajstić information content (AvgIpc) is 3.07. The van der Waals surface area contributed by atoms with E-state index < -0.39 is 20.0 Å². The average molecular weight is 521 g/mol. The van der Waals surface area contributed by atoms with E-state index in [0.717, 1.165) is 29.7 Å². The standard InChI is InChI=1S/C26H36N2O5S2/c1-20(2)17-27(35(31,32)19-22-7-5-4-6-8-22)18-21-9-13-25(14-10-21)33-26-15-23-11-12-24(16-26)28(23)34(3,29)30/h4-10,13-14,20,23-24,26H,11-12,15-19H2,1-3H3/t23-,24+,26-. The number of nitrogens with zero attached hydrogens (tertiary/aromatic N) is 2. The summed E-state index contributed by atoms with van der Waals surface area (Å²) in [5.41, 5.74) is 1.68. The molecule has 9 heteroatoms. The molecule has 2 fully saturated rings. The van der Waals surface area contributed by atoms with Gasteiger partial charge in [0.2, 0.25) is 20.0 Å². The highest BCUT2D eigenvalue weighted by molar-refractivity contribution is 7.88. The number of ether oxygens (including phenoxy) is 1. The maximum absolute atomic E-state index is 13.2. The molecule has 2 heterocycles. The van der Waals surface area contributed by atoms with Gasteiger partial charge in [-0.15, -0.1) is 0 Å². The molecule has 7 nitrogen and oxygen atoms in total. The van der Waals surface area contributed by atoms with Crippen molar-refractivity contribution >= 4 is 20.0 Å². The van der Waals surface area contributed by atoms with Gasteiger partial charge < -0.3 is 4.74 Å². The predicted molar refractivity (Wildman–Crippen MR) is 138 cm³/mol. The van der Waals surface area contributed by atoms with Crippen LogP contribution in [-0.2, 0) is 32.3 Å². The summed E-state index contributed by atoms with van der Waals surface area (Å²) in [7, 11) is -6.67. The van der Waals surface area contributed by atoms with Crippen LogP contribution in [0.5, 0.6) is 5.75 Å². The maximum Gasteiger partial charge on any atom is 0.218 e. The van der Waals surface area contributed by atoms with Crippen LogP contribution in [0.3, 0.4) is 0 Å². The summed E-state index contributed by atoms with van der Waals surface area (Å²) in [6, 6.07) is 16.9. The van der Waals surface area contributed by atoms with Gasteiger partial charge in [-0.3, -0.25) is 0 Å². The number of piperidine rings is 1. The van der Waals surface area contributed by atoms with Crippen molar-refractivity contribution in [1.82, 2.24) is 8.61 Å². The summed E-state index contributed by atoms with van der Waals surface area (Å²) < 4.78 is 60.1. The zero-order valence-corrected chi connectivity index (χ0v) is 22.3. The summed E-state index contributed by atoms with van der Waals surface area (Å²) in [6.07, 6.45) is 4.46. The van der Waals surface area contributed by atoms with Crippen molar-refractivity contribution in [3.8, 4) is 5.75 Å². The van der Waals surface area contributed by atoms with E-state index in [9.17, 15) is 16.8 Å². The van der Waals surface area contributed by atoms with Gasteiger partial charge in [0.05, 0.1) is 12.0 Å². The molecule has 2 aromatic rings. The van der Waals surface area contributed by atoms with E-state index in [1.807, 2.05) is 68.4 Å². The monoisotopic (exact) mass is 520 g/mol. The molecule has 2 bridgehead atoms. The summed E-state index contributed by atoms with van der Waals surface area (Å²) in [5.74, 6) is 0.917. The smallest absolute Gasteiger partial charge is 0.218 e. The Morgan fingerprint density at radius 3 is 2.06 bits per heavy atom. The lowest BCUT2D eigenvalue weighted by Crippen LogP contribution is -2.48. The highest BCUT2D eigenvalue weighted by Gasteiger charge is 2.45. The van der Waals surface area contributed by atoms with Gasteiger partial charge in [-0.05, 0) is 42.0 Å². The number of fused-ring (bicyclic) bond motifs is 2. The molecule has 2 aromatic carbocycles. The van der Waals surface area contributed by atoms with Gasteiger partial charge in [-0.1, -0.05) is 56.3 Å². The highest BCUT2D eigenvalue weighted by Crippen LogP contribution is 2.38. The van der Waals surface area contributed by atoms with Gasteiger partial charge in [0.25, 0.3) is 0 Å². The fraction of sp³-hybridized carbons (Fsp3) is 0.538. The Bertz CT molecular complexity index is 1180. The van der Waals surface area contributed by atoms with Gasteiger partial charge in [0.1, 0.15) is 11.9 Å². The lowest BCUT2D eigenvalue weighted by molar-refractivity contribution is 0.0960. The Labute approximate surface area is 210 Å². The summed E-state index contributed by atoms with van der Waals surface area (Å²) in [4.78, 5) is 0. The van der Waals surface area contributed by atoms with E-state index in [-0.39, 0.29) is 29.9 Å². The topological polar surface area (TPSA) is 84.0 Å². The largest absolute Gasteiger partial charge is 0.490 e. The molecule has 4 rings (SSSR count). The van der Waals surface area contributed by atoms with Crippen LogP contribution in [0.1, 0.15) is 50.7 Å². The Morgan fingerprint density at radius 2 is 1.51 bits per heavy atom. The first-order valence-corrected chi connectivity index (χ1v) is 15.7. The van der Waals surface area contributed by atoms with Crippen LogP contribution in [0.15, 0.2) is 54.6 Å². The van der Waals surface area contributed by atoms with Gasteiger partial charge >= 0.3 is 0 Å². The van der Waals surface area contributed by atoms with Crippen LogP contribution in [-0.4, -0.2) is 56.4 Å². The summed E-state index contributed by atoms with van der Waals surface area (Å²) >= 11 is 0. The minimum atomic E-state index is -3.48. The number of benzene rings is 2. The molecule has 0 aliphatic carbocycles. The molecule has 0 saturated carbocycles. The fourth-order valence-electron chi connectivity index (χ4n) is 5.35. The summed E-state index contributed by atoms with van der Waals surface area (Å²) in [6.45, 7) is 4.80. The van der Waals surface area contributed by atoms with Gasteiger partial charge in [0, 0.05) is 38.0 Å². The molecule has 0 unspecified atom stereocenters. The molecule has 2 aliphatic heterocycles. The van der Waals surface area contributed by atoms with E-state index in [1.165, 1.54) is 6.26 Å². The summed E-state index contributed by atoms with van der Waals surface area (Å²) in [5, 5.41) is 0. The molecule has 2 saturated heterocycles. The zero-order chi connectivity index (χ0) is 25.2. The second kappa shape index (κ2) is 10.6. The lowest BCUT2D eigenvalue weighted by atomic mass is 10.0. The molecular weight excluding hydrogens is 484 g/mol. The first-order chi connectivity index (χ1) is 16.5. The van der Waals surface area contributed by atoms with E-state index >= 15 is 0 Å². The molecular formula is C26H36N2O5S2. The molecule has 0 N–H and O–H groups in total. The van der Waals surface area contributed by atoms with E-state index in [4.69, 9.17) is 4.74 Å². The molecule has 0 spiro atoms. The van der Waals surface area contributed by atoms with Crippen LogP contribution >= 0.6 is 0 Å². The third-order valence-electron chi connectivity index (χ3n) is 6.74. The fourth-order valence-corrected chi connectivity index (χ4v) is 8.48. The number of hydrogen-bond donors (Lipinski definition) is 0. The second-order valence-electron chi connectivity index (χ2n) is 10.3. The third kappa shape index (κ3) is 6.64. The highest BCUT2D eigenvalue weighted by atomic mass is 32.2. The first-order valence-electron chi connectivity index (χ1n) is 12.3. The van der Waals surface area contributed by atoms with Gasteiger partial charge in [-0.25, -0.2) is 16.8 Å². The Balaban J connectivity index is 1.40. The second-order valence-corrected chi connectivity index (χ2v) is 14.1. The van der Waals surface area contributed by atoms with Crippen LogP contribution in [0.2, 0.25) is 0 Å². The van der Waals surface area contributed by atoms with E-state index in [2.05, 4.69) is 0 Å². The lowest BCUT2D eigenvalue weighted by Gasteiger charge is -2.37. The molecule has 0 radical (unpaired) electrons. The Kier molecular flexibility index (Phi) is 7.90. The van der Waals surface area contributed by atoms with Gasteiger partial charge in [-0.2, -0.15) is 8.61 Å². The molecule has 2 aliphatic rings. The number of hydrogen-bond acceptors (Lipinski definition) is 5. The van der Waals surface area contributed by atoms with Gasteiger partial charge in [0.15, 0.2) is 0 Å². The van der Waals surface area contributed by atoms with Crippen molar-refractivity contribution in [3.05, 3.63) is 65.7 Å². The molecule has 35 heavy (non-hydrogen) atoms. The molecule has 3 atom stereocenters. The number of sulfonamides is 2. The van der Waals surface area contributed by atoms with Crippen LogP contribution < -0.4 is 4.74 Å². The number of rotatable bonds is 10. The first kappa shape index (κ1) is 26.1. The van der Waals surface area contributed by atoms with Crippen molar-refractivity contribution in [2.24, 2.45) is 5.92 Å². The van der Waals surface area contributed by atoms with Crippen LogP contribution in [0.25, 0.3) is 0 Å². The minimum absolute atomic E-state index is 0.0139. The quantitative estimate of drug-likeness (QED) is 0.473. The SMILES string of the molecule is CC(C)CN(Cc1ccc(O[C@@H]2C[C@H]3CC[C@@H](C2)N3S(C)(=O)=O)cc1)S(=O)(=O)Cc1ccccc1. The molecule has 0 amide bonds. The normalized spacial score (nSPS) is 23.2. The minimum Gasteiger partial charge on any atom is -0.490 e.